The fourth-order valence-corrected chi connectivity index (χ4v) is 11.2. The monoisotopic (exact) mass is 902 g/mol. The van der Waals surface area contributed by atoms with E-state index in [0.29, 0.717) is 51.7 Å². The zero-order valence-corrected chi connectivity index (χ0v) is 38.0. The number of imidazole rings is 2. The maximum Gasteiger partial charge on any atom is 0.407 e. The summed E-state index contributed by atoms with van der Waals surface area (Å²) in [7, 11) is 2.55. The highest BCUT2D eigenvalue weighted by molar-refractivity contribution is 5.89. The molecule has 2 saturated carbocycles. The Morgan fingerprint density at radius 2 is 1.35 bits per heavy atom. The predicted molar refractivity (Wildman–Crippen MR) is 242 cm³/mol. The Hall–Kier alpha value is -6.32. The van der Waals surface area contributed by atoms with Crippen LogP contribution in [-0.2, 0) is 25.0 Å². The standard InChI is InChI=1S/C50H56F2N8O6/c1-25(2)40(57-47(63)65-5)45(61)59-24-49(17-18-49)22-39(59)43-53-23-38(56-43)30-10-15-33-32-14-9-28(19-34(32)50(51,52)35(33)20-30)29-11-16-36-37(21-29)55-44(54-36)42-27-7-12-31(13-8-27)60(42)46(62)41(26(3)4)58-48(64)66-6/h9-11,14-16,19-21,23,25-27,31,39-42H,7-8,12-13,17-18,22,24H2,1-6H3,(H,53,56)(H,54,55)(H,57,63)(H,58,64)/t27-,31+,39-,40-,41-,42-/m0/s1. The Morgan fingerprint density at radius 3 is 1.97 bits per heavy atom. The number of amides is 4. The molecule has 3 aliphatic heterocycles. The lowest BCUT2D eigenvalue weighted by atomic mass is 9.73. The third kappa shape index (κ3) is 7.36. The molecule has 0 radical (unpaired) electrons. The van der Waals surface area contributed by atoms with Crippen molar-refractivity contribution in [2.24, 2.45) is 23.2 Å². The molecule has 346 valence electrons. The number of benzene rings is 3. The van der Waals surface area contributed by atoms with Gasteiger partial charge < -0.3 is 39.9 Å². The van der Waals surface area contributed by atoms with Crippen molar-refractivity contribution >= 4 is 35.0 Å². The Bertz CT molecular complexity index is 2750. The van der Waals surface area contributed by atoms with Crippen molar-refractivity contribution in [3.8, 4) is 33.5 Å². The number of H-pyrrole nitrogens is 2. The van der Waals surface area contributed by atoms with Crippen LogP contribution in [0.5, 0.6) is 0 Å². The third-order valence-electron chi connectivity index (χ3n) is 15.0. The van der Waals surface area contributed by atoms with Crippen LogP contribution >= 0.6 is 0 Å². The number of nitrogens with zero attached hydrogens (tertiary/aromatic N) is 4. The SMILES string of the molecule is COC(=O)N[C@H](C(=O)N1CC2(CC2)C[C@H]1c1nc(-c2ccc3c(c2)C(F)(F)c2cc(-c4ccc5nc([C@@H]6[C@H]7CC[C@H](CC7)N6C(=O)[C@@H](NC(=O)OC)C(C)C)[nH]c5c4)ccc2-3)c[nH]1)C(C)C. The molecule has 2 bridgehead atoms. The third-order valence-corrected chi connectivity index (χ3v) is 15.0. The van der Waals surface area contributed by atoms with Gasteiger partial charge in [-0.15, -0.1) is 0 Å². The van der Waals surface area contributed by atoms with Gasteiger partial charge in [0.15, 0.2) is 0 Å². The minimum absolute atomic E-state index is 0.00965. The van der Waals surface area contributed by atoms with E-state index in [4.69, 9.17) is 19.4 Å². The maximum absolute atomic E-state index is 16.7. The summed E-state index contributed by atoms with van der Waals surface area (Å²) in [5, 5.41) is 5.46. The summed E-state index contributed by atoms with van der Waals surface area (Å²) in [6.07, 6.45) is 6.82. The summed E-state index contributed by atoms with van der Waals surface area (Å²) < 4.78 is 43.1. The average molecular weight is 903 g/mol. The van der Waals surface area contributed by atoms with Gasteiger partial charge >= 0.3 is 12.2 Å². The van der Waals surface area contributed by atoms with E-state index < -0.39 is 30.2 Å². The largest absolute Gasteiger partial charge is 0.453 e. The van der Waals surface area contributed by atoms with Gasteiger partial charge in [-0.2, -0.15) is 8.78 Å². The van der Waals surface area contributed by atoms with Crippen molar-refractivity contribution < 1.29 is 37.4 Å². The Morgan fingerprint density at radius 1 is 0.758 bits per heavy atom. The zero-order chi connectivity index (χ0) is 46.4. The second-order valence-corrected chi connectivity index (χ2v) is 19.8. The number of piperidine rings is 2. The van der Waals surface area contributed by atoms with Gasteiger partial charge in [0.25, 0.3) is 5.92 Å². The van der Waals surface area contributed by atoms with Gasteiger partial charge in [-0.25, -0.2) is 19.6 Å². The number of methoxy groups -OCH3 is 2. The first-order valence-corrected chi connectivity index (χ1v) is 23.1. The van der Waals surface area contributed by atoms with Crippen LogP contribution in [-0.4, -0.2) is 92.6 Å². The van der Waals surface area contributed by atoms with Gasteiger partial charge in [-0.05, 0) is 115 Å². The molecule has 3 saturated heterocycles. The number of hydrogen-bond acceptors (Lipinski definition) is 8. The van der Waals surface area contributed by atoms with Gasteiger partial charge in [0.1, 0.15) is 23.7 Å². The smallest absolute Gasteiger partial charge is 0.407 e. The number of fused-ring (bicyclic) bond motifs is 7. The Kier molecular flexibility index (Phi) is 10.7. The molecule has 16 heteroatoms. The zero-order valence-electron chi connectivity index (χ0n) is 38.0. The predicted octanol–water partition coefficient (Wildman–Crippen LogP) is 9.00. The molecule has 11 rings (SSSR count). The number of alkyl carbamates (subject to hydrolysis) is 2. The second kappa shape index (κ2) is 16.2. The first-order valence-electron chi connectivity index (χ1n) is 23.1. The van der Waals surface area contributed by atoms with Crippen molar-refractivity contribution in [3.63, 3.8) is 0 Å². The van der Waals surface area contributed by atoms with Crippen LogP contribution in [0, 0.1) is 23.2 Å². The number of nitrogens with one attached hydrogen (secondary N) is 4. The number of halogens is 2. The Labute approximate surface area is 381 Å². The highest BCUT2D eigenvalue weighted by atomic mass is 19.3. The summed E-state index contributed by atoms with van der Waals surface area (Å²) in [6.45, 7) is 8.10. The molecule has 4 atom stereocenters. The van der Waals surface area contributed by atoms with Crippen LogP contribution in [0.3, 0.4) is 0 Å². The number of hydrogen-bond donors (Lipinski definition) is 4. The van der Waals surface area contributed by atoms with Crippen molar-refractivity contribution in [2.45, 2.75) is 109 Å². The molecule has 5 fully saturated rings. The second-order valence-electron chi connectivity index (χ2n) is 19.8. The number of aromatic nitrogens is 4. The molecule has 4 N–H and O–H groups in total. The number of carbonyl (C=O) groups excluding carboxylic acids is 4. The lowest BCUT2D eigenvalue weighted by Gasteiger charge is -2.51. The van der Waals surface area contributed by atoms with E-state index >= 15 is 8.78 Å². The van der Waals surface area contributed by atoms with Gasteiger partial charge in [-0.1, -0.05) is 58.0 Å². The first-order chi connectivity index (χ1) is 31.6. The minimum Gasteiger partial charge on any atom is -0.453 e. The van der Waals surface area contributed by atoms with E-state index in [0.717, 1.165) is 56.0 Å². The van der Waals surface area contributed by atoms with E-state index in [1.165, 1.54) is 20.3 Å². The number of rotatable bonds is 10. The molecule has 66 heavy (non-hydrogen) atoms. The molecule has 5 heterocycles. The fourth-order valence-electron chi connectivity index (χ4n) is 11.2. The number of carbonyl (C=O) groups is 4. The summed E-state index contributed by atoms with van der Waals surface area (Å²) in [5.74, 6) is -2.54. The van der Waals surface area contributed by atoms with Gasteiger partial charge in [0.2, 0.25) is 11.8 Å². The maximum atomic E-state index is 16.7. The van der Waals surface area contributed by atoms with E-state index in [9.17, 15) is 19.2 Å². The quantitative estimate of drug-likeness (QED) is 0.107. The normalized spacial score (nSPS) is 22.9. The van der Waals surface area contributed by atoms with Crippen molar-refractivity contribution in [2.75, 3.05) is 20.8 Å². The topological polar surface area (TPSA) is 175 Å². The summed E-state index contributed by atoms with van der Waals surface area (Å²) >= 11 is 0. The number of alkyl halides is 2. The molecule has 4 amide bonds. The lowest BCUT2D eigenvalue weighted by molar-refractivity contribution is -0.149. The van der Waals surface area contributed by atoms with Gasteiger partial charge in [-0.3, -0.25) is 9.59 Å². The molecule has 2 aromatic heterocycles. The minimum atomic E-state index is -3.29. The first kappa shape index (κ1) is 43.6. The number of aromatic amines is 2. The summed E-state index contributed by atoms with van der Waals surface area (Å²) in [6, 6.07) is 13.8. The van der Waals surface area contributed by atoms with Crippen LogP contribution in [0.25, 0.3) is 44.5 Å². The molecule has 6 aliphatic rings. The van der Waals surface area contributed by atoms with Crippen LogP contribution in [0.2, 0.25) is 0 Å². The molecule has 3 aromatic carbocycles. The number of ether oxygens (including phenoxy) is 2. The van der Waals surface area contributed by atoms with Crippen LogP contribution in [0.15, 0.2) is 60.8 Å². The molecule has 0 unspecified atom stereocenters. The van der Waals surface area contributed by atoms with Crippen LogP contribution in [0.4, 0.5) is 18.4 Å². The lowest BCUT2D eigenvalue weighted by Crippen LogP contribution is -2.59. The molecule has 5 aromatic rings. The van der Waals surface area contributed by atoms with E-state index in [1.54, 1.807) is 29.3 Å². The molecular weight excluding hydrogens is 847 g/mol. The van der Waals surface area contributed by atoms with Crippen LogP contribution < -0.4 is 10.6 Å². The highest BCUT2D eigenvalue weighted by Gasteiger charge is 2.55. The summed E-state index contributed by atoms with van der Waals surface area (Å²) in [4.78, 5) is 73.0. The van der Waals surface area contributed by atoms with Crippen molar-refractivity contribution in [1.29, 1.82) is 0 Å². The molecule has 1 spiro atoms. The molecular formula is C50H56F2N8O6. The van der Waals surface area contributed by atoms with Gasteiger partial charge in [0, 0.05) is 35.5 Å². The van der Waals surface area contributed by atoms with E-state index in [-0.39, 0.29) is 64.2 Å². The van der Waals surface area contributed by atoms with E-state index in [2.05, 4.69) is 20.6 Å². The van der Waals surface area contributed by atoms with E-state index in [1.807, 2.05) is 62.9 Å². The highest BCUT2D eigenvalue weighted by Crippen LogP contribution is 2.59. The number of likely N-dealkylation sites (tertiary alicyclic amines) is 1. The van der Waals surface area contributed by atoms with Crippen molar-refractivity contribution in [1.82, 2.24) is 40.4 Å². The fraction of sp³-hybridized carbons (Fsp3) is 0.480. The summed E-state index contributed by atoms with van der Waals surface area (Å²) in [5.41, 5.74) is 4.58. The molecule has 14 nitrogen and oxygen atoms in total. The molecule has 3 aliphatic carbocycles. The van der Waals surface area contributed by atoms with Crippen molar-refractivity contribution in [3.05, 3.63) is 83.6 Å². The van der Waals surface area contributed by atoms with Gasteiger partial charge in [0.05, 0.1) is 43.0 Å². The van der Waals surface area contributed by atoms with Crippen LogP contribution in [0.1, 0.15) is 108 Å². The average Bonchev–Trinajstić information content (AvgIpc) is 3.64. The Balaban J connectivity index is 0.901.